The molecule has 1 amide bonds. The molecule has 0 spiro atoms. The van der Waals surface area contributed by atoms with Crippen LogP contribution in [0.15, 0.2) is 18.2 Å². The topological polar surface area (TPSA) is 76.8 Å². The molecule has 0 radical (unpaired) electrons. The fourth-order valence-corrected chi connectivity index (χ4v) is 2.97. The molecule has 2 unspecified atom stereocenters. The van der Waals surface area contributed by atoms with Crippen LogP contribution in [0.5, 0.6) is 11.5 Å². The van der Waals surface area contributed by atoms with E-state index in [0.29, 0.717) is 36.5 Å². The molecule has 6 nitrogen and oxygen atoms in total. The average Bonchev–Trinajstić information content (AvgIpc) is 3.05. The molecule has 1 aromatic rings. The molecule has 2 heterocycles. The summed E-state index contributed by atoms with van der Waals surface area (Å²) in [4.78, 5) is 14.3. The highest BCUT2D eigenvalue weighted by Gasteiger charge is 2.29. The lowest BCUT2D eigenvalue weighted by atomic mass is 10.1. The van der Waals surface area contributed by atoms with Crippen molar-refractivity contribution in [3.8, 4) is 11.5 Å². The molecule has 2 aliphatic rings. The third kappa shape index (κ3) is 3.11. The summed E-state index contributed by atoms with van der Waals surface area (Å²) < 4.78 is 10.6. The quantitative estimate of drug-likeness (QED) is 0.866. The van der Waals surface area contributed by atoms with Crippen molar-refractivity contribution in [3.63, 3.8) is 0 Å². The minimum Gasteiger partial charge on any atom is -0.454 e. The second-order valence-corrected chi connectivity index (χ2v) is 5.73. The summed E-state index contributed by atoms with van der Waals surface area (Å²) in [6, 6.07) is 5.82. The smallest absolute Gasteiger partial charge is 0.238 e. The van der Waals surface area contributed by atoms with Crippen molar-refractivity contribution >= 4 is 11.6 Å². The van der Waals surface area contributed by atoms with Gasteiger partial charge in [-0.1, -0.05) is 0 Å². The molecule has 2 aliphatic heterocycles. The Labute approximate surface area is 124 Å². The number of anilines is 1. The first kappa shape index (κ1) is 14.2. The molecular weight excluding hydrogens is 270 g/mol. The summed E-state index contributed by atoms with van der Waals surface area (Å²) >= 11 is 0. The standard InChI is InChI=1S/C15H21N3O3/c1-10-4-11(6-16)7-18(10)8-15(19)17-12-2-3-13-14(5-12)21-9-20-13/h2-3,5,10-11H,4,6-9,16H2,1H3,(H,17,19). The fraction of sp³-hybridized carbons (Fsp3) is 0.533. The number of benzene rings is 1. The molecule has 0 aliphatic carbocycles. The number of nitrogens with two attached hydrogens (primary N) is 1. The van der Waals surface area contributed by atoms with Crippen LogP contribution in [-0.4, -0.2) is 43.3 Å². The molecule has 3 N–H and O–H groups in total. The number of carbonyl (C=O) groups excluding carboxylic acids is 1. The number of ether oxygens (including phenoxy) is 2. The Bertz CT molecular complexity index is 535. The van der Waals surface area contributed by atoms with E-state index in [9.17, 15) is 4.79 Å². The van der Waals surface area contributed by atoms with Gasteiger partial charge in [0, 0.05) is 24.3 Å². The number of carbonyl (C=O) groups is 1. The predicted octanol–water partition coefficient (Wildman–Crippen LogP) is 1.02. The van der Waals surface area contributed by atoms with E-state index in [1.165, 1.54) is 0 Å². The normalized spacial score (nSPS) is 24.3. The van der Waals surface area contributed by atoms with Crippen LogP contribution in [0.1, 0.15) is 13.3 Å². The number of hydrogen-bond acceptors (Lipinski definition) is 5. The first-order valence-electron chi connectivity index (χ1n) is 7.29. The van der Waals surface area contributed by atoms with Gasteiger partial charge in [0.2, 0.25) is 12.7 Å². The number of fused-ring (bicyclic) bond motifs is 1. The highest BCUT2D eigenvalue weighted by atomic mass is 16.7. The first-order valence-corrected chi connectivity index (χ1v) is 7.29. The number of hydrogen-bond donors (Lipinski definition) is 2. The monoisotopic (exact) mass is 291 g/mol. The van der Waals surface area contributed by atoms with Gasteiger partial charge in [-0.15, -0.1) is 0 Å². The van der Waals surface area contributed by atoms with Gasteiger partial charge < -0.3 is 20.5 Å². The van der Waals surface area contributed by atoms with Crippen LogP contribution in [0, 0.1) is 5.92 Å². The lowest BCUT2D eigenvalue weighted by molar-refractivity contribution is -0.117. The van der Waals surface area contributed by atoms with Crippen molar-refractivity contribution in [1.82, 2.24) is 4.90 Å². The highest BCUT2D eigenvalue weighted by molar-refractivity contribution is 5.92. The van der Waals surface area contributed by atoms with E-state index in [-0.39, 0.29) is 12.7 Å². The first-order chi connectivity index (χ1) is 10.2. The van der Waals surface area contributed by atoms with Gasteiger partial charge in [-0.2, -0.15) is 0 Å². The molecular formula is C15H21N3O3. The van der Waals surface area contributed by atoms with Crippen LogP contribution in [0.4, 0.5) is 5.69 Å². The van der Waals surface area contributed by atoms with Crippen molar-refractivity contribution in [2.24, 2.45) is 11.7 Å². The molecule has 0 saturated carbocycles. The second-order valence-electron chi connectivity index (χ2n) is 5.73. The van der Waals surface area contributed by atoms with Gasteiger partial charge in [-0.05, 0) is 37.9 Å². The Morgan fingerprint density at radius 1 is 1.43 bits per heavy atom. The number of nitrogens with zero attached hydrogens (tertiary/aromatic N) is 1. The van der Waals surface area contributed by atoms with E-state index in [0.717, 1.165) is 18.7 Å². The Balaban J connectivity index is 1.57. The van der Waals surface area contributed by atoms with Crippen molar-refractivity contribution in [2.75, 3.05) is 31.7 Å². The number of likely N-dealkylation sites (tertiary alicyclic amines) is 1. The van der Waals surface area contributed by atoms with E-state index < -0.39 is 0 Å². The lowest BCUT2D eigenvalue weighted by Gasteiger charge is -2.20. The van der Waals surface area contributed by atoms with Crippen LogP contribution in [0.25, 0.3) is 0 Å². The van der Waals surface area contributed by atoms with Crippen molar-refractivity contribution in [1.29, 1.82) is 0 Å². The Hall–Kier alpha value is -1.79. The van der Waals surface area contributed by atoms with Gasteiger partial charge >= 0.3 is 0 Å². The Morgan fingerprint density at radius 2 is 2.24 bits per heavy atom. The zero-order chi connectivity index (χ0) is 14.8. The molecule has 0 bridgehead atoms. The van der Waals surface area contributed by atoms with E-state index in [4.69, 9.17) is 15.2 Å². The van der Waals surface area contributed by atoms with E-state index in [2.05, 4.69) is 17.1 Å². The molecule has 114 valence electrons. The number of rotatable bonds is 4. The van der Waals surface area contributed by atoms with Crippen molar-refractivity contribution in [2.45, 2.75) is 19.4 Å². The molecule has 3 rings (SSSR count). The summed E-state index contributed by atoms with van der Waals surface area (Å²) in [6.07, 6.45) is 1.06. The molecule has 0 aromatic heterocycles. The van der Waals surface area contributed by atoms with Crippen LogP contribution >= 0.6 is 0 Å². The van der Waals surface area contributed by atoms with Crippen LogP contribution in [0.2, 0.25) is 0 Å². The Kier molecular flexibility index (Phi) is 3.98. The minimum atomic E-state index is -0.0154. The van der Waals surface area contributed by atoms with Crippen LogP contribution in [0.3, 0.4) is 0 Å². The molecule has 1 aromatic carbocycles. The van der Waals surface area contributed by atoms with E-state index in [1.807, 2.05) is 6.07 Å². The molecule has 1 fully saturated rings. The van der Waals surface area contributed by atoms with Crippen LogP contribution in [-0.2, 0) is 4.79 Å². The van der Waals surface area contributed by atoms with E-state index in [1.54, 1.807) is 12.1 Å². The Morgan fingerprint density at radius 3 is 3.00 bits per heavy atom. The van der Waals surface area contributed by atoms with Gasteiger partial charge in [0.1, 0.15) is 0 Å². The maximum atomic E-state index is 12.2. The largest absolute Gasteiger partial charge is 0.454 e. The third-order valence-corrected chi connectivity index (χ3v) is 4.13. The third-order valence-electron chi connectivity index (χ3n) is 4.13. The zero-order valence-corrected chi connectivity index (χ0v) is 12.2. The summed E-state index contributed by atoms with van der Waals surface area (Å²) in [5, 5.41) is 2.90. The fourth-order valence-electron chi connectivity index (χ4n) is 2.97. The van der Waals surface area contributed by atoms with Gasteiger partial charge in [0.15, 0.2) is 11.5 Å². The minimum absolute atomic E-state index is 0.0154. The summed E-state index contributed by atoms with van der Waals surface area (Å²) in [6.45, 7) is 4.35. The van der Waals surface area contributed by atoms with Crippen molar-refractivity contribution in [3.05, 3.63) is 18.2 Å². The molecule has 6 heteroatoms. The SMILES string of the molecule is CC1CC(CN)CN1CC(=O)Nc1ccc2c(c1)OCO2. The predicted molar refractivity (Wildman–Crippen MR) is 79.4 cm³/mol. The zero-order valence-electron chi connectivity index (χ0n) is 12.2. The maximum Gasteiger partial charge on any atom is 0.238 e. The average molecular weight is 291 g/mol. The molecule has 2 atom stereocenters. The summed E-state index contributed by atoms with van der Waals surface area (Å²) in [5.74, 6) is 1.87. The number of nitrogens with one attached hydrogen (secondary N) is 1. The van der Waals surface area contributed by atoms with Gasteiger partial charge in [0.25, 0.3) is 0 Å². The number of amides is 1. The van der Waals surface area contributed by atoms with Crippen molar-refractivity contribution < 1.29 is 14.3 Å². The van der Waals surface area contributed by atoms with E-state index >= 15 is 0 Å². The molecule has 1 saturated heterocycles. The second kappa shape index (κ2) is 5.91. The van der Waals surface area contributed by atoms with Gasteiger partial charge in [0.05, 0.1) is 6.54 Å². The summed E-state index contributed by atoms with van der Waals surface area (Å²) in [7, 11) is 0. The summed E-state index contributed by atoms with van der Waals surface area (Å²) in [5.41, 5.74) is 6.44. The molecule has 21 heavy (non-hydrogen) atoms. The lowest BCUT2D eigenvalue weighted by Crippen LogP contribution is -2.35. The van der Waals surface area contributed by atoms with Crippen LogP contribution < -0.4 is 20.5 Å². The van der Waals surface area contributed by atoms with Gasteiger partial charge in [-0.25, -0.2) is 0 Å². The highest BCUT2D eigenvalue weighted by Crippen LogP contribution is 2.34. The maximum absolute atomic E-state index is 12.2. The van der Waals surface area contributed by atoms with Gasteiger partial charge in [-0.3, -0.25) is 9.69 Å².